The predicted molar refractivity (Wildman–Crippen MR) is 92.9 cm³/mol. The number of nitrogens with zero attached hydrogens (tertiary/aromatic N) is 1. The molecule has 3 unspecified atom stereocenters. The van der Waals surface area contributed by atoms with Crippen molar-refractivity contribution in [2.24, 2.45) is 0 Å². The van der Waals surface area contributed by atoms with E-state index in [-0.39, 0.29) is 36.9 Å². The zero-order valence-corrected chi connectivity index (χ0v) is 14.6. The monoisotopic (exact) mass is 332 g/mol. The number of ether oxygens (including phenoxy) is 1. The van der Waals surface area contributed by atoms with Gasteiger partial charge in [-0.05, 0) is 50.7 Å². The molecule has 1 aliphatic heterocycles. The van der Waals surface area contributed by atoms with Crippen LogP contribution in [0.25, 0.3) is 0 Å². The van der Waals surface area contributed by atoms with Gasteiger partial charge in [-0.25, -0.2) is 4.79 Å². The van der Waals surface area contributed by atoms with Gasteiger partial charge < -0.3 is 20.1 Å². The van der Waals surface area contributed by atoms with Gasteiger partial charge >= 0.3 is 6.03 Å². The number of hydrogen-bond donors (Lipinski definition) is 2. The van der Waals surface area contributed by atoms with Crippen molar-refractivity contribution < 1.29 is 14.6 Å². The maximum Gasteiger partial charge on any atom is 0.318 e. The minimum absolute atomic E-state index is 0.0212. The van der Waals surface area contributed by atoms with Crippen molar-refractivity contribution in [3.8, 4) is 0 Å². The van der Waals surface area contributed by atoms with Crippen LogP contribution in [-0.2, 0) is 11.2 Å². The Kier molecular flexibility index (Phi) is 5.41. The van der Waals surface area contributed by atoms with Crippen molar-refractivity contribution in [1.29, 1.82) is 0 Å². The van der Waals surface area contributed by atoms with E-state index in [0.29, 0.717) is 6.54 Å². The Morgan fingerprint density at radius 1 is 1.29 bits per heavy atom. The highest BCUT2D eigenvalue weighted by Crippen LogP contribution is 2.35. The second kappa shape index (κ2) is 7.53. The lowest BCUT2D eigenvalue weighted by molar-refractivity contribution is -0.0409. The highest BCUT2D eigenvalue weighted by atomic mass is 16.5. The number of benzene rings is 1. The maximum absolute atomic E-state index is 12.9. The number of amides is 2. The molecule has 5 nitrogen and oxygen atoms in total. The number of aryl methyl sites for hydroxylation is 1. The van der Waals surface area contributed by atoms with Crippen molar-refractivity contribution in [3.63, 3.8) is 0 Å². The second-order valence-electron chi connectivity index (χ2n) is 7.05. The first-order valence-electron chi connectivity index (χ1n) is 8.99. The van der Waals surface area contributed by atoms with Crippen LogP contribution in [0.5, 0.6) is 0 Å². The highest BCUT2D eigenvalue weighted by molar-refractivity contribution is 5.75. The molecule has 132 valence electrons. The number of aliphatic hydroxyl groups excluding tert-OH is 1. The number of fused-ring (bicyclic) bond motifs is 1. The Morgan fingerprint density at radius 2 is 2.00 bits per heavy atom. The number of aliphatic hydroxyl groups is 1. The van der Waals surface area contributed by atoms with E-state index in [2.05, 4.69) is 17.4 Å². The van der Waals surface area contributed by atoms with Gasteiger partial charge in [-0.15, -0.1) is 0 Å². The van der Waals surface area contributed by atoms with Crippen LogP contribution in [0.3, 0.4) is 0 Å². The van der Waals surface area contributed by atoms with E-state index in [1.54, 1.807) is 4.90 Å². The number of carbonyl (C=O) groups is 1. The summed E-state index contributed by atoms with van der Waals surface area (Å²) in [7, 11) is 0. The molecule has 1 saturated heterocycles. The molecular formula is C19H28N2O3. The molecule has 1 aliphatic carbocycles. The Balaban J connectivity index is 1.70. The molecule has 24 heavy (non-hydrogen) atoms. The van der Waals surface area contributed by atoms with Crippen molar-refractivity contribution in [2.45, 2.75) is 63.8 Å². The summed E-state index contributed by atoms with van der Waals surface area (Å²) >= 11 is 0. The summed E-state index contributed by atoms with van der Waals surface area (Å²) in [6.07, 6.45) is 3.92. The first kappa shape index (κ1) is 17.2. The van der Waals surface area contributed by atoms with Gasteiger partial charge in [-0.1, -0.05) is 24.3 Å². The summed E-state index contributed by atoms with van der Waals surface area (Å²) in [6.45, 7) is 4.44. The maximum atomic E-state index is 12.9. The molecule has 3 atom stereocenters. The largest absolute Gasteiger partial charge is 0.395 e. The van der Waals surface area contributed by atoms with Gasteiger partial charge in [0.05, 0.1) is 24.9 Å². The molecule has 1 fully saturated rings. The molecule has 2 aliphatic rings. The lowest BCUT2D eigenvalue weighted by atomic mass is 10.00. The summed E-state index contributed by atoms with van der Waals surface area (Å²) < 4.78 is 5.75. The van der Waals surface area contributed by atoms with Crippen LogP contribution in [0.4, 0.5) is 4.79 Å². The van der Waals surface area contributed by atoms with E-state index in [9.17, 15) is 9.90 Å². The summed E-state index contributed by atoms with van der Waals surface area (Å²) in [5.74, 6) is 0. The zero-order chi connectivity index (χ0) is 17.1. The van der Waals surface area contributed by atoms with E-state index in [4.69, 9.17) is 4.74 Å². The fourth-order valence-corrected chi connectivity index (χ4v) is 4.15. The average Bonchev–Trinajstić information content (AvgIpc) is 2.95. The molecule has 5 heteroatoms. The Hall–Kier alpha value is -1.59. The van der Waals surface area contributed by atoms with Crippen LogP contribution in [0.2, 0.25) is 0 Å². The quantitative estimate of drug-likeness (QED) is 0.891. The third kappa shape index (κ3) is 3.73. The van der Waals surface area contributed by atoms with E-state index in [1.807, 2.05) is 26.0 Å². The Bertz CT molecular complexity index is 567. The minimum Gasteiger partial charge on any atom is -0.395 e. The molecule has 0 radical (unpaired) electrons. The van der Waals surface area contributed by atoms with E-state index >= 15 is 0 Å². The molecule has 1 heterocycles. The molecule has 2 N–H and O–H groups in total. The van der Waals surface area contributed by atoms with Crippen LogP contribution in [0.1, 0.15) is 50.3 Å². The topological polar surface area (TPSA) is 61.8 Å². The van der Waals surface area contributed by atoms with Crippen molar-refractivity contribution in [3.05, 3.63) is 35.4 Å². The van der Waals surface area contributed by atoms with E-state index in [1.165, 1.54) is 11.1 Å². The van der Waals surface area contributed by atoms with Crippen LogP contribution in [0.15, 0.2) is 24.3 Å². The lowest BCUT2D eigenvalue weighted by Gasteiger charge is -2.35. The van der Waals surface area contributed by atoms with Crippen molar-refractivity contribution in [2.75, 3.05) is 13.2 Å². The summed E-state index contributed by atoms with van der Waals surface area (Å²) in [5, 5.41) is 12.6. The molecule has 3 rings (SSSR count). The number of urea groups is 1. The average molecular weight is 332 g/mol. The number of nitrogens with one attached hydrogen (secondary N) is 1. The van der Waals surface area contributed by atoms with Crippen LogP contribution in [0, 0.1) is 0 Å². The summed E-state index contributed by atoms with van der Waals surface area (Å²) in [6, 6.07) is 8.42. The molecule has 0 saturated carbocycles. The summed E-state index contributed by atoms with van der Waals surface area (Å²) in [4.78, 5) is 14.7. The predicted octanol–water partition coefficient (Wildman–Crippen LogP) is 2.63. The van der Waals surface area contributed by atoms with Crippen LogP contribution < -0.4 is 5.32 Å². The molecule has 0 aromatic heterocycles. The van der Waals surface area contributed by atoms with Crippen LogP contribution in [-0.4, -0.2) is 47.4 Å². The van der Waals surface area contributed by atoms with Gasteiger partial charge in [-0.2, -0.15) is 0 Å². The van der Waals surface area contributed by atoms with Gasteiger partial charge in [0.15, 0.2) is 0 Å². The van der Waals surface area contributed by atoms with E-state index < -0.39 is 0 Å². The van der Waals surface area contributed by atoms with Gasteiger partial charge in [0.25, 0.3) is 0 Å². The SMILES string of the molecule is CC1CC(NC(=O)N(CCO)C2CCc3ccccc32)CC(C)O1. The normalized spacial score (nSPS) is 29.1. The molecule has 1 aromatic carbocycles. The zero-order valence-electron chi connectivity index (χ0n) is 14.6. The third-order valence-electron chi connectivity index (χ3n) is 5.10. The van der Waals surface area contributed by atoms with Crippen molar-refractivity contribution in [1.82, 2.24) is 10.2 Å². The molecule has 0 spiro atoms. The van der Waals surface area contributed by atoms with Crippen LogP contribution >= 0.6 is 0 Å². The van der Waals surface area contributed by atoms with Gasteiger partial charge in [0.1, 0.15) is 0 Å². The smallest absolute Gasteiger partial charge is 0.318 e. The number of hydrogen-bond acceptors (Lipinski definition) is 3. The van der Waals surface area contributed by atoms with Gasteiger partial charge in [-0.3, -0.25) is 0 Å². The van der Waals surface area contributed by atoms with Gasteiger partial charge in [0, 0.05) is 12.6 Å². The minimum atomic E-state index is -0.0722. The van der Waals surface area contributed by atoms with Crippen molar-refractivity contribution >= 4 is 6.03 Å². The van der Waals surface area contributed by atoms with Gasteiger partial charge in [0.2, 0.25) is 0 Å². The summed E-state index contributed by atoms with van der Waals surface area (Å²) in [5.41, 5.74) is 2.53. The molecule has 2 amide bonds. The highest BCUT2D eigenvalue weighted by Gasteiger charge is 2.33. The molecule has 0 bridgehead atoms. The standard InChI is InChI=1S/C19H28N2O3/c1-13-11-16(12-14(2)24-13)20-19(23)21(9-10-22)18-8-7-15-5-3-4-6-17(15)18/h3-6,13-14,16,18,22H,7-12H2,1-2H3,(H,20,23). The number of carbonyl (C=O) groups excluding carboxylic acids is 1. The first-order chi connectivity index (χ1) is 11.6. The third-order valence-corrected chi connectivity index (χ3v) is 5.10. The fraction of sp³-hybridized carbons (Fsp3) is 0.632. The Labute approximate surface area is 144 Å². The Morgan fingerprint density at radius 3 is 2.71 bits per heavy atom. The molecular weight excluding hydrogens is 304 g/mol. The molecule has 1 aromatic rings. The first-order valence-corrected chi connectivity index (χ1v) is 8.99. The number of rotatable bonds is 4. The second-order valence-corrected chi connectivity index (χ2v) is 7.05. The van der Waals surface area contributed by atoms with E-state index in [0.717, 1.165) is 25.7 Å². The lowest BCUT2D eigenvalue weighted by Crippen LogP contribution is -2.50. The fourth-order valence-electron chi connectivity index (χ4n) is 4.15.